The van der Waals surface area contributed by atoms with E-state index in [1.54, 1.807) is 0 Å². The smallest absolute Gasteiger partial charge is 0.387 e. The number of hydrogen-bond donors (Lipinski definition) is 6. The van der Waals surface area contributed by atoms with Gasteiger partial charge in [0.25, 0.3) is 0 Å². The molecule has 0 radical (unpaired) electrons. The van der Waals surface area contributed by atoms with Crippen LogP contribution >= 0.6 is 0 Å². The van der Waals surface area contributed by atoms with Crippen LogP contribution in [0.2, 0.25) is 0 Å². The van der Waals surface area contributed by atoms with Crippen molar-refractivity contribution in [3.05, 3.63) is 70.8 Å². The summed E-state index contributed by atoms with van der Waals surface area (Å²) in [5.41, 5.74) is -6.45. The lowest BCUT2D eigenvalue weighted by molar-refractivity contribution is -0.317. The lowest BCUT2D eigenvalue weighted by Gasteiger charge is -2.55. The predicted octanol–water partition coefficient (Wildman–Crippen LogP) is 2.99. The molecule has 6 N–H and O–H groups in total. The zero-order valence-electron chi connectivity index (χ0n) is 20.1. The molecule has 1 fully saturated rings. The topological polar surface area (TPSA) is 121 Å². The molecule has 0 amide bonds. The predicted molar refractivity (Wildman–Crippen MR) is 123 cm³/mol. The Kier molecular flexibility index (Phi) is 8.86. The van der Waals surface area contributed by atoms with Crippen molar-refractivity contribution >= 4 is 0 Å². The third-order valence-corrected chi connectivity index (χ3v) is 7.28. The summed E-state index contributed by atoms with van der Waals surface area (Å²) in [5, 5.41) is 64.3. The molecule has 0 bridgehead atoms. The first kappa shape index (κ1) is 30.3. The molecular weight excluding hydrogens is 522 g/mol. The largest absolute Gasteiger partial charge is 0.416 e. The number of halogens is 6. The van der Waals surface area contributed by atoms with Crippen molar-refractivity contribution in [3.8, 4) is 0 Å². The maximum atomic E-state index is 13.0. The summed E-state index contributed by atoms with van der Waals surface area (Å²) in [5.74, 6) is 0. The summed E-state index contributed by atoms with van der Waals surface area (Å²) in [6.45, 7) is 0. The van der Waals surface area contributed by atoms with Gasteiger partial charge in [-0.2, -0.15) is 26.3 Å². The Balaban J connectivity index is 1.77. The summed E-state index contributed by atoms with van der Waals surface area (Å²) in [6.07, 6.45) is -18.7. The molecule has 0 spiro atoms. The molecule has 1 saturated carbocycles. The molecule has 2 aromatic rings. The van der Waals surface area contributed by atoms with E-state index in [4.69, 9.17) is 0 Å². The van der Waals surface area contributed by atoms with Crippen molar-refractivity contribution in [2.45, 2.75) is 86.5 Å². The fourth-order valence-corrected chi connectivity index (χ4v) is 5.11. The lowest BCUT2D eigenvalue weighted by Crippen LogP contribution is -2.77. The number of hydrogen-bond acceptors (Lipinski definition) is 6. The van der Waals surface area contributed by atoms with Crippen LogP contribution in [0.1, 0.15) is 47.9 Å². The van der Waals surface area contributed by atoms with E-state index in [9.17, 15) is 57.0 Å². The number of aliphatic hydroxyl groups is 6. The van der Waals surface area contributed by atoms with E-state index in [0.717, 1.165) is 24.3 Å². The van der Waals surface area contributed by atoms with Crippen molar-refractivity contribution < 1.29 is 57.0 Å². The van der Waals surface area contributed by atoms with Gasteiger partial charge in [-0.05, 0) is 61.8 Å². The van der Waals surface area contributed by atoms with Crippen LogP contribution in [0.5, 0.6) is 0 Å². The molecule has 0 unspecified atom stereocenters. The Morgan fingerprint density at radius 1 is 0.605 bits per heavy atom. The highest BCUT2D eigenvalue weighted by Gasteiger charge is 2.65. The Labute approximate surface area is 214 Å². The van der Waals surface area contributed by atoms with Crippen LogP contribution in [0, 0.1) is 0 Å². The summed E-state index contributed by atoms with van der Waals surface area (Å²) in [7, 11) is 0. The second-order valence-electron chi connectivity index (χ2n) is 9.82. The van der Waals surface area contributed by atoms with Crippen molar-refractivity contribution in [1.82, 2.24) is 0 Å². The monoisotopic (exact) mass is 552 g/mol. The zero-order valence-corrected chi connectivity index (χ0v) is 20.1. The number of aliphatic hydroxyl groups excluding tert-OH is 4. The van der Waals surface area contributed by atoms with E-state index in [1.807, 2.05) is 0 Å². The van der Waals surface area contributed by atoms with Crippen LogP contribution in [0.25, 0.3) is 0 Å². The van der Waals surface area contributed by atoms with E-state index >= 15 is 0 Å². The molecular formula is C26H30F6O6. The summed E-state index contributed by atoms with van der Waals surface area (Å²) >= 11 is 0. The third kappa shape index (κ3) is 6.16. The second kappa shape index (κ2) is 11.1. The maximum Gasteiger partial charge on any atom is 0.416 e. The van der Waals surface area contributed by atoms with Gasteiger partial charge in [0.1, 0.15) is 35.6 Å². The normalized spacial score (nSPS) is 30.4. The molecule has 1 aliphatic rings. The van der Waals surface area contributed by atoms with Gasteiger partial charge in [-0.1, -0.05) is 36.4 Å². The Morgan fingerprint density at radius 2 is 0.947 bits per heavy atom. The van der Waals surface area contributed by atoms with Gasteiger partial charge in [0, 0.05) is 0 Å². The minimum Gasteiger partial charge on any atom is -0.387 e. The third-order valence-electron chi connectivity index (χ3n) is 7.28. The Morgan fingerprint density at radius 3 is 1.26 bits per heavy atom. The first-order chi connectivity index (χ1) is 17.5. The molecule has 212 valence electrons. The average molecular weight is 553 g/mol. The minimum absolute atomic E-state index is 0.0198. The van der Waals surface area contributed by atoms with Gasteiger partial charge in [-0.15, -0.1) is 0 Å². The second-order valence-corrected chi connectivity index (χ2v) is 9.82. The minimum atomic E-state index is -4.57. The van der Waals surface area contributed by atoms with Gasteiger partial charge in [-0.25, -0.2) is 0 Å². The molecule has 38 heavy (non-hydrogen) atoms. The van der Waals surface area contributed by atoms with E-state index in [2.05, 4.69) is 0 Å². The van der Waals surface area contributed by atoms with E-state index < -0.39 is 71.9 Å². The quantitative estimate of drug-likeness (QED) is 0.280. The highest BCUT2D eigenvalue weighted by molar-refractivity contribution is 5.27. The first-order valence-corrected chi connectivity index (χ1v) is 12.0. The lowest BCUT2D eigenvalue weighted by atomic mass is 9.62. The summed E-state index contributed by atoms with van der Waals surface area (Å²) in [4.78, 5) is 0. The molecule has 6 atom stereocenters. The summed E-state index contributed by atoms with van der Waals surface area (Å²) < 4.78 is 78.0. The van der Waals surface area contributed by atoms with Crippen molar-refractivity contribution in [3.63, 3.8) is 0 Å². The van der Waals surface area contributed by atoms with E-state index in [0.29, 0.717) is 0 Å². The van der Waals surface area contributed by atoms with Gasteiger partial charge in [0.05, 0.1) is 11.1 Å². The number of aryl methyl sites for hydroxylation is 2. The average Bonchev–Trinajstić information content (AvgIpc) is 2.85. The van der Waals surface area contributed by atoms with E-state index in [1.165, 1.54) is 24.3 Å². The van der Waals surface area contributed by atoms with E-state index in [-0.39, 0.29) is 36.8 Å². The number of rotatable bonds is 8. The SMILES string of the molecule is O[C@@H]1[C@@H](O)[C@H](O)[C@](O)(CCCc2cccc(C(F)(F)F)c2)[C@](O)(CCCc2cccc(C(F)(F)F)c2)[C@@H]1O. The standard InChI is InChI=1S/C26H30F6O6/c27-25(28,29)17-9-1-5-15(13-17)7-3-11-23(37)21(35)19(33)20(34)22(36)24(23,38)12-4-8-16-6-2-10-18(14-16)26(30,31)32/h1-2,5-6,9-10,13-14,19-22,33-38H,3-4,7-8,11-12H2/t19-,20-,21-,22+,23+,24-/m1/s1. The molecule has 2 aromatic carbocycles. The van der Waals surface area contributed by atoms with Crippen LogP contribution in [0.3, 0.4) is 0 Å². The maximum absolute atomic E-state index is 13.0. The first-order valence-electron chi connectivity index (χ1n) is 12.0. The Bertz CT molecular complexity index is 1010. The Hall–Kier alpha value is -2.22. The van der Waals surface area contributed by atoms with Crippen LogP contribution < -0.4 is 0 Å². The van der Waals surface area contributed by atoms with Crippen LogP contribution in [-0.4, -0.2) is 66.3 Å². The molecule has 3 rings (SSSR count). The number of alkyl halides is 6. The summed E-state index contributed by atoms with van der Waals surface area (Å²) in [6, 6.07) is 8.85. The molecule has 0 heterocycles. The van der Waals surface area contributed by atoms with Crippen LogP contribution in [0.4, 0.5) is 26.3 Å². The fourth-order valence-electron chi connectivity index (χ4n) is 5.11. The molecule has 0 saturated heterocycles. The molecule has 12 heteroatoms. The van der Waals surface area contributed by atoms with Crippen molar-refractivity contribution in [2.75, 3.05) is 0 Å². The van der Waals surface area contributed by atoms with Crippen molar-refractivity contribution in [2.24, 2.45) is 0 Å². The highest BCUT2D eigenvalue weighted by atomic mass is 19.4. The molecule has 0 aliphatic heterocycles. The van der Waals surface area contributed by atoms with Crippen LogP contribution in [-0.2, 0) is 25.2 Å². The molecule has 6 nitrogen and oxygen atoms in total. The van der Waals surface area contributed by atoms with Crippen molar-refractivity contribution in [1.29, 1.82) is 0 Å². The van der Waals surface area contributed by atoms with Gasteiger partial charge in [-0.3, -0.25) is 0 Å². The fraction of sp³-hybridized carbons (Fsp3) is 0.538. The number of benzene rings is 2. The highest BCUT2D eigenvalue weighted by Crippen LogP contribution is 2.44. The molecule has 0 aromatic heterocycles. The van der Waals surface area contributed by atoms with Gasteiger partial charge < -0.3 is 30.6 Å². The molecule has 1 aliphatic carbocycles. The van der Waals surface area contributed by atoms with Crippen LogP contribution in [0.15, 0.2) is 48.5 Å². The van der Waals surface area contributed by atoms with Gasteiger partial charge in [0.15, 0.2) is 0 Å². The van der Waals surface area contributed by atoms with Gasteiger partial charge in [0.2, 0.25) is 0 Å². The zero-order chi connectivity index (χ0) is 28.5. The van der Waals surface area contributed by atoms with Gasteiger partial charge >= 0.3 is 12.4 Å².